The molecule has 0 unspecified atom stereocenters. The van der Waals surface area contributed by atoms with Gasteiger partial charge in [-0.15, -0.1) is 0 Å². The molecule has 11 heavy (non-hydrogen) atoms. The van der Waals surface area contributed by atoms with Crippen LogP contribution in [0.15, 0.2) is 18.5 Å². The first-order chi connectivity index (χ1) is 5.29. The molecule has 0 aromatic carbocycles. The Hall–Kier alpha value is -1.58. The smallest absolute Gasteiger partial charge is 0.166 e. The van der Waals surface area contributed by atoms with Crippen molar-refractivity contribution in [2.24, 2.45) is 0 Å². The highest BCUT2D eigenvalue weighted by Gasteiger charge is 2.04. The number of halogens is 1. The first-order valence-corrected chi connectivity index (χ1v) is 3.16. The molecule has 4 heteroatoms. The van der Waals surface area contributed by atoms with Gasteiger partial charge in [-0.05, 0) is 6.07 Å². The Morgan fingerprint density at radius 2 is 2.36 bits per heavy atom. The number of aromatic amines is 1. The molecule has 2 aromatic rings. The average molecular weight is 151 g/mol. The fourth-order valence-corrected chi connectivity index (χ4v) is 1.000. The number of nitrogen functional groups attached to an aromatic ring is 1. The third-order valence-corrected chi connectivity index (χ3v) is 1.57. The number of nitrogens with zero attached hydrogens (tertiary/aromatic N) is 1. The van der Waals surface area contributed by atoms with Crippen molar-refractivity contribution in [3.05, 3.63) is 24.3 Å². The van der Waals surface area contributed by atoms with E-state index in [0.29, 0.717) is 11.0 Å². The van der Waals surface area contributed by atoms with Crippen LogP contribution >= 0.6 is 0 Å². The second kappa shape index (κ2) is 1.95. The predicted molar refractivity (Wildman–Crippen MR) is 40.5 cm³/mol. The van der Waals surface area contributed by atoms with Crippen LogP contribution in [0.4, 0.5) is 10.1 Å². The normalized spacial score (nSPS) is 10.6. The number of hydrogen-bond acceptors (Lipinski definition) is 2. The highest BCUT2D eigenvalue weighted by atomic mass is 19.1. The molecule has 0 radical (unpaired) electrons. The predicted octanol–water partition coefficient (Wildman–Crippen LogP) is 1.28. The molecule has 3 nitrogen and oxygen atoms in total. The van der Waals surface area contributed by atoms with Gasteiger partial charge in [0.1, 0.15) is 0 Å². The molecule has 2 heterocycles. The van der Waals surface area contributed by atoms with Crippen LogP contribution < -0.4 is 5.73 Å². The SMILES string of the molecule is Nc1c(F)cnc2cc[nH]c12. The van der Waals surface area contributed by atoms with Gasteiger partial charge in [0.05, 0.1) is 22.9 Å². The number of H-pyrrole nitrogens is 1. The maximum atomic E-state index is 12.7. The number of rotatable bonds is 0. The lowest BCUT2D eigenvalue weighted by Crippen LogP contribution is -1.92. The van der Waals surface area contributed by atoms with E-state index in [2.05, 4.69) is 9.97 Å². The quantitative estimate of drug-likeness (QED) is 0.596. The van der Waals surface area contributed by atoms with Crippen molar-refractivity contribution in [2.45, 2.75) is 0 Å². The van der Waals surface area contributed by atoms with E-state index in [4.69, 9.17) is 5.73 Å². The van der Waals surface area contributed by atoms with Crippen LogP contribution in [0, 0.1) is 5.82 Å². The Balaban J connectivity index is 2.93. The number of fused-ring (bicyclic) bond motifs is 1. The topological polar surface area (TPSA) is 54.7 Å². The number of pyridine rings is 1. The molecule has 0 saturated heterocycles. The van der Waals surface area contributed by atoms with Crippen molar-refractivity contribution in [1.29, 1.82) is 0 Å². The molecule has 2 aromatic heterocycles. The van der Waals surface area contributed by atoms with Gasteiger partial charge in [0.15, 0.2) is 5.82 Å². The highest BCUT2D eigenvalue weighted by molar-refractivity contribution is 5.86. The molecule has 0 amide bonds. The maximum absolute atomic E-state index is 12.7. The van der Waals surface area contributed by atoms with E-state index >= 15 is 0 Å². The summed E-state index contributed by atoms with van der Waals surface area (Å²) in [6.45, 7) is 0. The summed E-state index contributed by atoms with van der Waals surface area (Å²) in [5.41, 5.74) is 6.79. The molecule has 0 atom stereocenters. The molecular formula is C7H6FN3. The van der Waals surface area contributed by atoms with Gasteiger partial charge < -0.3 is 10.7 Å². The maximum Gasteiger partial charge on any atom is 0.166 e. The summed E-state index contributed by atoms with van der Waals surface area (Å²) < 4.78 is 12.7. The van der Waals surface area contributed by atoms with Crippen molar-refractivity contribution in [3.8, 4) is 0 Å². The fourth-order valence-electron chi connectivity index (χ4n) is 1.000. The molecule has 2 rings (SSSR count). The van der Waals surface area contributed by atoms with E-state index in [9.17, 15) is 4.39 Å². The molecule has 0 bridgehead atoms. The van der Waals surface area contributed by atoms with Gasteiger partial charge in [-0.1, -0.05) is 0 Å². The Bertz CT molecular complexity index is 393. The number of anilines is 1. The summed E-state index contributed by atoms with van der Waals surface area (Å²) in [5, 5.41) is 0. The second-order valence-electron chi connectivity index (χ2n) is 2.26. The number of nitrogens with two attached hydrogens (primary N) is 1. The second-order valence-corrected chi connectivity index (χ2v) is 2.26. The van der Waals surface area contributed by atoms with Gasteiger partial charge in [-0.3, -0.25) is 4.98 Å². The van der Waals surface area contributed by atoms with Crippen molar-refractivity contribution in [1.82, 2.24) is 9.97 Å². The van der Waals surface area contributed by atoms with Crippen LogP contribution in [-0.4, -0.2) is 9.97 Å². The monoisotopic (exact) mass is 151 g/mol. The van der Waals surface area contributed by atoms with E-state index in [1.807, 2.05) is 0 Å². The Kier molecular flexibility index (Phi) is 1.09. The van der Waals surface area contributed by atoms with Crippen LogP contribution in [-0.2, 0) is 0 Å². The van der Waals surface area contributed by atoms with Gasteiger partial charge in [-0.25, -0.2) is 4.39 Å². The molecule has 3 N–H and O–H groups in total. The summed E-state index contributed by atoms with van der Waals surface area (Å²) >= 11 is 0. The van der Waals surface area contributed by atoms with Crippen LogP contribution in [0.1, 0.15) is 0 Å². The molecular weight excluding hydrogens is 145 g/mol. The van der Waals surface area contributed by atoms with E-state index in [-0.39, 0.29) is 5.69 Å². The summed E-state index contributed by atoms with van der Waals surface area (Å²) in [6.07, 6.45) is 2.79. The minimum atomic E-state index is -0.486. The average Bonchev–Trinajstić information content (AvgIpc) is 2.45. The Labute approximate surface area is 62.0 Å². The zero-order chi connectivity index (χ0) is 7.84. The lowest BCUT2D eigenvalue weighted by molar-refractivity contribution is 0.628. The van der Waals surface area contributed by atoms with Crippen molar-refractivity contribution in [2.75, 3.05) is 5.73 Å². The van der Waals surface area contributed by atoms with E-state index in [1.165, 1.54) is 0 Å². The van der Waals surface area contributed by atoms with Crippen LogP contribution in [0.25, 0.3) is 11.0 Å². The summed E-state index contributed by atoms with van der Waals surface area (Å²) in [7, 11) is 0. The Morgan fingerprint density at radius 1 is 1.55 bits per heavy atom. The number of aromatic nitrogens is 2. The van der Waals surface area contributed by atoms with Crippen LogP contribution in [0.5, 0.6) is 0 Å². The van der Waals surface area contributed by atoms with Gasteiger partial charge in [-0.2, -0.15) is 0 Å². The van der Waals surface area contributed by atoms with Crippen molar-refractivity contribution < 1.29 is 4.39 Å². The lowest BCUT2D eigenvalue weighted by atomic mass is 10.3. The number of hydrogen-bond donors (Lipinski definition) is 2. The first-order valence-electron chi connectivity index (χ1n) is 3.16. The van der Waals surface area contributed by atoms with Crippen LogP contribution in [0.3, 0.4) is 0 Å². The standard InChI is InChI=1S/C7H6FN3/c8-4-3-11-5-1-2-10-7(5)6(4)9/h1-3,10H,(H2,9,11). The largest absolute Gasteiger partial charge is 0.395 e. The summed E-state index contributed by atoms with van der Waals surface area (Å²) in [6, 6.07) is 1.74. The van der Waals surface area contributed by atoms with E-state index < -0.39 is 5.82 Å². The first kappa shape index (κ1) is 6.15. The summed E-state index contributed by atoms with van der Waals surface area (Å²) in [4.78, 5) is 6.62. The molecule has 0 aliphatic rings. The third kappa shape index (κ3) is 0.756. The molecule has 56 valence electrons. The van der Waals surface area contributed by atoms with Gasteiger partial charge >= 0.3 is 0 Å². The van der Waals surface area contributed by atoms with E-state index in [1.54, 1.807) is 12.3 Å². The van der Waals surface area contributed by atoms with Gasteiger partial charge in [0.2, 0.25) is 0 Å². The zero-order valence-corrected chi connectivity index (χ0v) is 5.63. The molecule has 0 aliphatic heterocycles. The zero-order valence-electron chi connectivity index (χ0n) is 5.63. The minimum Gasteiger partial charge on any atom is -0.395 e. The summed E-state index contributed by atoms with van der Waals surface area (Å²) in [5.74, 6) is -0.486. The minimum absolute atomic E-state index is 0.125. The third-order valence-electron chi connectivity index (χ3n) is 1.57. The van der Waals surface area contributed by atoms with E-state index in [0.717, 1.165) is 6.20 Å². The fraction of sp³-hybridized carbons (Fsp3) is 0. The molecule has 0 aliphatic carbocycles. The molecule has 0 spiro atoms. The van der Waals surface area contributed by atoms with Crippen LogP contribution in [0.2, 0.25) is 0 Å². The highest BCUT2D eigenvalue weighted by Crippen LogP contribution is 2.18. The van der Waals surface area contributed by atoms with Crippen molar-refractivity contribution in [3.63, 3.8) is 0 Å². The van der Waals surface area contributed by atoms with Gasteiger partial charge in [0.25, 0.3) is 0 Å². The Morgan fingerprint density at radius 3 is 3.18 bits per heavy atom. The number of nitrogens with one attached hydrogen (secondary N) is 1. The lowest BCUT2D eigenvalue weighted by Gasteiger charge is -1.95. The van der Waals surface area contributed by atoms with Crippen molar-refractivity contribution >= 4 is 16.7 Å². The molecule has 0 saturated carbocycles. The molecule has 0 fully saturated rings. The van der Waals surface area contributed by atoms with Gasteiger partial charge in [0, 0.05) is 6.20 Å².